The molecular formula is C7H14N2O. The van der Waals surface area contributed by atoms with E-state index in [1.165, 1.54) is 0 Å². The van der Waals surface area contributed by atoms with E-state index in [-0.39, 0.29) is 17.9 Å². The Morgan fingerprint density at radius 1 is 1.20 bits per heavy atom. The van der Waals surface area contributed by atoms with E-state index in [0.29, 0.717) is 0 Å². The number of hydrogen-bond donors (Lipinski definition) is 0. The number of azo groups is 1. The van der Waals surface area contributed by atoms with E-state index >= 15 is 0 Å². The lowest BCUT2D eigenvalue weighted by Crippen LogP contribution is -2.25. The van der Waals surface area contributed by atoms with Gasteiger partial charge in [0.2, 0.25) is 0 Å². The summed E-state index contributed by atoms with van der Waals surface area (Å²) in [4.78, 5) is 0. The molecule has 3 heteroatoms. The lowest BCUT2D eigenvalue weighted by molar-refractivity contribution is -0.0174. The molecule has 2 atom stereocenters. The van der Waals surface area contributed by atoms with Gasteiger partial charge in [0.1, 0.15) is 0 Å². The smallest absolute Gasteiger partial charge is 0.176 e. The van der Waals surface area contributed by atoms with Crippen molar-refractivity contribution in [2.75, 3.05) is 0 Å². The molecule has 1 aliphatic rings. The quantitative estimate of drug-likeness (QED) is 0.510. The summed E-state index contributed by atoms with van der Waals surface area (Å²) in [6.07, 6.45) is -0.105. The molecule has 0 saturated heterocycles. The summed E-state index contributed by atoms with van der Waals surface area (Å²) in [6, 6.07) is 0. The first kappa shape index (κ1) is 7.66. The second-order valence-corrected chi connectivity index (χ2v) is 3.68. The maximum atomic E-state index is 5.39. The van der Waals surface area contributed by atoms with E-state index in [4.69, 9.17) is 4.74 Å². The van der Waals surface area contributed by atoms with Gasteiger partial charge in [0.15, 0.2) is 12.5 Å². The Kier molecular flexibility index (Phi) is 1.77. The van der Waals surface area contributed by atoms with Crippen LogP contribution in [0, 0.1) is 5.41 Å². The molecule has 58 valence electrons. The van der Waals surface area contributed by atoms with Crippen LogP contribution in [0.3, 0.4) is 0 Å². The highest BCUT2D eigenvalue weighted by Crippen LogP contribution is 2.28. The van der Waals surface area contributed by atoms with E-state index in [1.807, 2.05) is 6.92 Å². The van der Waals surface area contributed by atoms with Gasteiger partial charge in [-0.05, 0) is 6.92 Å². The van der Waals surface area contributed by atoms with Crippen LogP contribution in [-0.4, -0.2) is 12.5 Å². The fourth-order valence-corrected chi connectivity index (χ4v) is 0.773. The van der Waals surface area contributed by atoms with E-state index in [0.717, 1.165) is 0 Å². The summed E-state index contributed by atoms with van der Waals surface area (Å²) in [5.41, 5.74) is 0.0776. The summed E-state index contributed by atoms with van der Waals surface area (Å²) < 4.78 is 5.39. The molecule has 10 heavy (non-hydrogen) atoms. The summed E-state index contributed by atoms with van der Waals surface area (Å²) in [5, 5.41) is 7.88. The van der Waals surface area contributed by atoms with Crippen molar-refractivity contribution < 1.29 is 4.74 Å². The first-order chi connectivity index (χ1) is 4.50. The van der Waals surface area contributed by atoms with Crippen LogP contribution in [0.25, 0.3) is 0 Å². The van der Waals surface area contributed by atoms with E-state index < -0.39 is 0 Å². The number of rotatable bonds is 0. The van der Waals surface area contributed by atoms with Gasteiger partial charge in [0.25, 0.3) is 0 Å². The number of hydrogen-bond acceptors (Lipinski definition) is 3. The summed E-state index contributed by atoms with van der Waals surface area (Å²) in [7, 11) is 0. The number of nitrogens with zero attached hydrogens (tertiary/aromatic N) is 2. The molecule has 2 unspecified atom stereocenters. The number of ether oxygens (including phenoxy) is 1. The van der Waals surface area contributed by atoms with Crippen LogP contribution in [0.15, 0.2) is 10.2 Å². The minimum Gasteiger partial charge on any atom is -0.328 e. The molecule has 1 rings (SSSR count). The molecule has 0 amide bonds. The van der Waals surface area contributed by atoms with Crippen LogP contribution in [0.1, 0.15) is 27.7 Å². The van der Waals surface area contributed by atoms with Crippen molar-refractivity contribution in [1.82, 2.24) is 0 Å². The van der Waals surface area contributed by atoms with Crippen molar-refractivity contribution in [2.45, 2.75) is 40.2 Å². The maximum Gasteiger partial charge on any atom is 0.176 e. The molecule has 0 aromatic carbocycles. The zero-order valence-corrected chi connectivity index (χ0v) is 6.96. The van der Waals surface area contributed by atoms with E-state index in [9.17, 15) is 0 Å². The Morgan fingerprint density at radius 2 is 1.80 bits per heavy atom. The highest BCUT2D eigenvalue weighted by molar-refractivity contribution is 4.74. The van der Waals surface area contributed by atoms with Gasteiger partial charge in [-0.25, -0.2) is 0 Å². The average Bonchev–Trinajstić information content (AvgIpc) is 2.11. The van der Waals surface area contributed by atoms with Crippen molar-refractivity contribution in [3.8, 4) is 0 Å². The van der Waals surface area contributed by atoms with Gasteiger partial charge < -0.3 is 4.74 Å². The van der Waals surface area contributed by atoms with Crippen LogP contribution in [0.4, 0.5) is 0 Å². The highest BCUT2D eigenvalue weighted by atomic mass is 16.5. The fraction of sp³-hybridized carbons (Fsp3) is 1.00. The molecule has 0 aromatic heterocycles. The molecule has 3 nitrogen and oxygen atoms in total. The third-order valence-electron chi connectivity index (χ3n) is 1.40. The molecule has 0 fully saturated rings. The Hall–Kier alpha value is -0.440. The van der Waals surface area contributed by atoms with Crippen LogP contribution in [0.2, 0.25) is 0 Å². The molecule has 0 spiro atoms. The minimum atomic E-state index is -0.0532. The van der Waals surface area contributed by atoms with Crippen LogP contribution >= 0.6 is 0 Å². The Bertz CT molecular complexity index is 148. The Balaban J connectivity index is 2.55. The van der Waals surface area contributed by atoms with Crippen LogP contribution in [0.5, 0.6) is 0 Å². The Morgan fingerprint density at radius 3 is 2.00 bits per heavy atom. The average molecular weight is 142 g/mol. The third-order valence-corrected chi connectivity index (χ3v) is 1.40. The van der Waals surface area contributed by atoms with Crippen molar-refractivity contribution in [2.24, 2.45) is 15.6 Å². The van der Waals surface area contributed by atoms with Gasteiger partial charge in [0.05, 0.1) is 0 Å². The van der Waals surface area contributed by atoms with E-state index in [2.05, 4.69) is 31.0 Å². The monoisotopic (exact) mass is 142 g/mol. The summed E-state index contributed by atoms with van der Waals surface area (Å²) in [5.74, 6) is 0. The third kappa shape index (κ3) is 1.53. The lowest BCUT2D eigenvalue weighted by atomic mass is 9.95. The standard InChI is InChI=1S/C7H14N2O/c1-5-8-9-6(10-5)7(2,3)4/h5-6H,1-4H3. The Labute approximate surface area is 61.5 Å². The van der Waals surface area contributed by atoms with Gasteiger partial charge >= 0.3 is 0 Å². The zero-order valence-electron chi connectivity index (χ0n) is 6.96. The largest absolute Gasteiger partial charge is 0.328 e. The molecule has 0 aliphatic carbocycles. The predicted octanol–water partition coefficient (Wildman–Crippen LogP) is 2.19. The minimum absolute atomic E-state index is 0.0516. The second-order valence-electron chi connectivity index (χ2n) is 3.68. The van der Waals surface area contributed by atoms with Crippen molar-refractivity contribution in [1.29, 1.82) is 0 Å². The van der Waals surface area contributed by atoms with Crippen molar-refractivity contribution in [3.05, 3.63) is 0 Å². The van der Waals surface area contributed by atoms with Crippen molar-refractivity contribution in [3.63, 3.8) is 0 Å². The summed E-state index contributed by atoms with van der Waals surface area (Å²) >= 11 is 0. The van der Waals surface area contributed by atoms with Gasteiger partial charge in [-0.1, -0.05) is 20.8 Å². The van der Waals surface area contributed by atoms with Crippen molar-refractivity contribution >= 4 is 0 Å². The second kappa shape index (κ2) is 2.31. The molecule has 0 saturated carbocycles. The molecule has 0 aromatic rings. The zero-order chi connectivity index (χ0) is 7.78. The molecule has 0 N–H and O–H groups in total. The SMILES string of the molecule is CC1N=NC(C(C)(C)C)O1. The topological polar surface area (TPSA) is 34.0 Å². The van der Waals surface area contributed by atoms with Gasteiger partial charge in [-0.3, -0.25) is 0 Å². The molecule has 0 radical (unpaired) electrons. The van der Waals surface area contributed by atoms with Crippen LogP contribution < -0.4 is 0 Å². The highest BCUT2D eigenvalue weighted by Gasteiger charge is 2.30. The lowest BCUT2D eigenvalue weighted by Gasteiger charge is -2.22. The van der Waals surface area contributed by atoms with Crippen LogP contribution in [-0.2, 0) is 4.74 Å². The maximum absolute atomic E-state index is 5.39. The predicted molar refractivity (Wildman–Crippen MR) is 38.6 cm³/mol. The molecule has 1 aliphatic heterocycles. The van der Waals surface area contributed by atoms with E-state index in [1.54, 1.807) is 0 Å². The molecule has 1 heterocycles. The first-order valence-corrected chi connectivity index (χ1v) is 3.55. The fourth-order valence-electron chi connectivity index (χ4n) is 0.773. The van der Waals surface area contributed by atoms with Gasteiger partial charge in [-0.2, -0.15) is 10.2 Å². The van der Waals surface area contributed by atoms with Gasteiger partial charge in [-0.15, -0.1) is 0 Å². The molecular weight excluding hydrogens is 128 g/mol. The first-order valence-electron chi connectivity index (χ1n) is 3.55. The normalized spacial score (nSPS) is 33.2. The summed E-state index contributed by atoms with van der Waals surface area (Å²) in [6.45, 7) is 8.17. The molecule has 0 bridgehead atoms. The van der Waals surface area contributed by atoms with Gasteiger partial charge in [0, 0.05) is 5.41 Å².